The monoisotopic (exact) mass is 363 g/mol. The summed E-state index contributed by atoms with van der Waals surface area (Å²) in [7, 11) is 0. The molecule has 0 radical (unpaired) electrons. The lowest BCUT2D eigenvalue weighted by atomic mass is 10.1. The topological polar surface area (TPSA) is 46.9 Å². The van der Waals surface area contributed by atoms with E-state index in [0.29, 0.717) is 5.39 Å². The van der Waals surface area contributed by atoms with Crippen molar-refractivity contribution < 1.29 is 0 Å². The molecule has 0 aliphatic heterocycles. The summed E-state index contributed by atoms with van der Waals surface area (Å²) in [5.41, 5.74) is 2.89. The summed E-state index contributed by atoms with van der Waals surface area (Å²) in [4.78, 5) is 18.3. The Morgan fingerprint density at radius 2 is 1.78 bits per heavy atom. The number of aryl methyl sites for hydroxylation is 1. The predicted octanol–water partition coefficient (Wildman–Crippen LogP) is 4.79. The van der Waals surface area contributed by atoms with Crippen LogP contribution in [0.1, 0.15) is 57.5 Å². The zero-order valence-corrected chi connectivity index (χ0v) is 16.5. The van der Waals surface area contributed by atoms with Crippen molar-refractivity contribution in [2.24, 2.45) is 0 Å². The minimum Gasteiger partial charge on any atom is -0.307 e. The van der Waals surface area contributed by atoms with Gasteiger partial charge in [0.2, 0.25) is 0 Å². The highest BCUT2D eigenvalue weighted by molar-refractivity contribution is 5.77. The summed E-state index contributed by atoms with van der Waals surface area (Å²) in [6.45, 7) is 7.37. The van der Waals surface area contributed by atoms with Crippen molar-refractivity contribution in [3.05, 3.63) is 70.3 Å². The van der Waals surface area contributed by atoms with Gasteiger partial charge >= 0.3 is 0 Å². The number of hydrogen-bond acceptors (Lipinski definition) is 3. The van der Waals surface area contributed by atoms with Crippen molar-refractivity contribution in [2.75, 3.05) is 6.54 Å². The van der Waals surface area contributed by atoms with E-state index in [9.17, 15) is 4.79 Å². The van der Waals surface area contributed by atoms with Gasteiger partial charge in [-0.15, -0.1) is 0 Å². The molecule has 0 saturated heterocycles. The summed E-state index contributed by atoms with van der Waals surface area (Å²) >= 11 is 0. The number of hydrogen-bond donors (Lipinski definition) is 1. The smallest absolute Gasteiger partial charge is 0.266 e. The number of rotatable bonds is 8. The number of fused-ring (bicyclic) bond motifs is 1. The molecule has 0 amide bonds. The van der Waals surface area contributed by atoms with Gasteiger partial charge in [-0.3, -0.25) is 9.36 Å². The first kappa shape index (κ1) is 19.3. The van der Waals surface area contributed by atoms with E-state index in [-0.39, 0.29) is 11.6 Å². The van der Waals surface area contributed by atoms with Crippen LogP contribution in [0.15, 0.2) is 53.3 Å². The number of nitrogens with one attached hydrogen (secondary N) is 1. The van der Waals surface area contributed by atoms with Gasteiger partial charge in [0.05, 0.1) is 22.6 Å². The molecule has 4 nitrogen and oxygen atoms in total. The highest BCUT2D eigenvalue weighted by atomic mass is 16.1. The third kappa shape index (κ3) is 4.11. The summed E-state index contributed by atoms with van der Waals surface area (Å²) in [5, 5.41) is 4.25. The molecule has 0 spiro atoms. The van der Waals surface area contributed by atoms with Crippen molar-refractivity contribution in [2.45, 2.75) is 52.5 Å². The SMILES string of the molecule is CCCCN[C@@H](CC)c1nc2ccccc2c(=O)n1-c1ccc(CC)cc1. The Morgan fingerprint density at radius 1 is 1.04 bits per heavy atom. The zero-order valence-electron chi connectivity index (χ0n) is 16.5. The number of aromatic nitrogens is 2. The fraction of sp³-hybridized carbons (Fsp3) is 0.391. The van der Waals surface area contributed by atoms with Crippen molar-refractivity contribution in [1.82, 2.24) is 14.9 Å². The molecule has 1 aromatic heterocycles. The Labute approximate surface area is 161 Å². The number of para-hydroxylation sites is 1. The fourth-order valence-corrected chi connectivity index (χ4v) is 3.39. The standard InChI is InChI=1S/C23H29N3O/c1-4-7-16-24-20(6-3)22-25-21-11-9-8-10-19(21)23(27)26(22)18-14-12-17(5-2)13-15-18/h8-15,20,24H,4-7,16H2,1-3H3/t20-/m0/s1. The van der Waals surface area contributed by atoms with Gasteiger partial charge in [-0.1, -0.05) is 51.5 Å². The van der Waals surface area contributed by atoms with Gasteiger partial charge in [0, 0.05) is 0 Å². The lowest BCUT2D eigenvalue weighted by molar-refractivity contribution is 0.476. The Balaban J connectivity index is 2.18. The average Bonchev–Trinajstić information content (AvgIpc) is 2.71. The molecule has 1 N–H and O–H groups in total. The van der Waals surface area contributed by atoms with Gasteiger partial charge in [-0.05, 0) is 55.6 Å². The summed E-state index contributed by atoms with van der Waals surface area (Å²) in [5.74, 6) is 0.793. The van der Waals surface area contributed by atoms with Crippen LogP contribution in [0.5, 0.6) is 0 Å². The molecule has 3 rings (SSSR count). The van der Waals surface area contributed by atoms with Crippen LogP contribution in [0.4, 0.5) is 0 Å². The molecule has 0 saturated carbocycles. The van der Waals surface area contributed by atoms with E-state index in [0.717, 1.165) is 49.3 Å². The third-order valence-corrected chi connectivity index (χ3v) is 5.05. The number of unbranched alkanes of at least 4 members (excludes halogenated alkanes) is 1. The van der Waals surface area contributed by atoms with Crippen LogP contribution in [0.25, 0.3) is 16.6 Å². The Hall–Kier alpha value is -2.46. The average molecular weight is 364 g/mol. The highest BCUT2D eigenvalue weighted by Gasteiger charge is 2.19. The van der Waals surface area contributed by atoms with E-state index in [1.165, 1.54) is 5.56 Å². The minimum atomic E-state index is -0.00408. The first-order chi connectivity index (χ1) is 13.2. The van der Waals surface area contributed by atoms with E-state index in [4.69, 9.17) is 4.98 Å². The predicted molar refractivity (Wildman–Crippen MR) is 113 cm³/mol. The normalized spacial score (nSPS) is 12.4. The molecule has 0 unspecified atom stereocenters. The minimum absolute atomic E-state index is 0.00408. The molecule has 2 aromatic carbocycles. The van der Waals surface area contributed by atoms with Gasteiger partial charge in [0.1, 0.15) is 5.82 Å². The molecule has 0 aliphatic rings. The highest BCUT2D eigenvalue weighted by Crippen LogP contribution is 2.21. The molecule has 1 atom stereocenters. The van der Waals surface area contributed by atoms with Gasteiger partial charge in [-0.2, -0.15) is 0 Å². The second kappa shape index (κ2) is 8.96. The van der Waals surface area contributed by atoms with Crippen LogP contribution >= 0.6 is 0 Å². The Morgan fingerprint density at radius 3 is 2.44 bits per heavy atom. The maximum atomic E-state index is 13.3. The van der Waals surface area contributed by atoms with Crippen LogP contribution in [-0.4, -0.2) is 16.1 Å². The maximum absolute atomic E-state index is 13.3. The summed E-state index contributed by atoms with van der Waals surface area (Å²) in [6.07, 6.45) is 4.11. The molecule has 1 heterocycles. The van der Waals surface area contributed by atoms with Crippen LogP contribution in [0.2, 0.25) is 0 Å². The first-order valence-corrected chi connectivity index (χ1v) is 10.0. The van der Waals surface area contributed by atoms with Crippen molar-refractivity contribution >= 4 is 10.9 Å². The molecule has 0 fully saturated rings. The Bertz CT molecular complexity index is 944. The molecular weight excluding hydrogens is 334 g/mol. The van der Waals surface area contributed by atoms with Crippen molar-refractivity contribution in [3.8, 4) is 5.69 Å². The van der Waals surface area contributed by atoms with E-state index < -0.39 is 0 Å². The number of benzene rings is 2. The van der Waals surface area contributed by atoms with E-state index in [1.807, 2.05) is 36.4 Å². The molecule has 27 heavy (non-hydrogen) atoms. The van der Waals surface area contributed by atoms with Gasteiger partial charge in [-0.25, -0.2) is 4.98 Å². The van der Waals surface area contributed by atoms with Crippen LogP contribution in [0, 0.1) is 0 Å². The molecule has 0 bridgehead atoms. The molecule has 4 heteroatoms. The fourth-order valence-electron chi connectivity index (χ4n) is 3.39. The van der Waals surface area contributed by atoms with Crippen LogP contribution < -0.4 is 10.9 Å². The van der Waals surface area contributed by atoms with Crippen molar-refractivity contribution in [1.29, 1.82) is 0 Å². The lowest BCUT2D eigenvalue weighted by Gasteiger charge is -2.22. The van der Waals surface area contributed by atoms with Gasteiger partial charge in [0.15, 0.2) is 0 Å². The van der Waals surface area contributed by atoms with Gasteiger partial charge in [0.25, 0.3) is 5.56 Å². The molecule has 0 aliphatic carbocycles. The van der Waals surface area contributed by atoms with Gasteiger partial charge < -0.3 is 5.32 Å². The lowest BCUT2D eigenvalue weighted by Crippen LogP contribution is -2.31. The molecule has 3 aromatic rings. The quantitative estimate of drug-likeness (QED) is 0.585. The van der Waals surface area contributed by atoms with E-state index >= 15 is 0 Å². The number of nitrogens with zero attached hydrogens (tertiary/aromatic N) is 2. The Kier molecular flexibility index (Phi) is 6.40. The first-order valence-electron chi connectivity index (χ1n) is 10.0. The second-order valence-corrected chi connectivity index (χ2v) is 6.92. The summed E-state index contributed by atoms with van der Waals surface area (Å²) in [6, 6.07) is 15.9. The van der Waals surface area contributed by atoms with Crippen LogP contribution in [0.3, 0.4) is 0 Å². The largest absolute Gasteiger partial charge is 0.307 e. The molecular formula is C23H29N3O. The van der Waals surface area contributed by atoms with Crippen LogP contribution in [-0.2, 0) is 6.42 Å². The van der Waals surface area contributed by atoms with Crippen molar-refractivity contribution in [3.63, 3.8) is 0 Å². The molecule has 142 valence electrons. The zero-order chi connectivity index (χ0) is 19.2. The summed E-state index contributed by atoms with van der Waals surface area (Å²) < 4.78 is 1.79. The van der Waals surface area contributed by atoms with E-state index in [1.54, 1.807) is 4.57 Å². The maximum Gasteiger partial charge on any atom is 0.266 e. The second-order valence-electron chi connectivity index (χ2n) is 6.92. The van der Waals surface area contributed by atoms with E-state index in [2.05, 4.69) is 38.2 Å². The third-order valence-electron chi connectivity index (χ3n) is 5.05.